The topological polar surface area (TPSA) is 103 Å². The molecule has 2 aromatic rings. The maximum atomic E-state index is 13.1. The van der Waals surface area contributed by atoms with E-state index in [-0.39, 0.29) is 28.9 Å². The molecule has 1 aromatic heterocycles. The van der Waals surface area contributed by atoms with Crippen molar-refractivity contribution < 1.29 is 19.2 Å². The van der Waals surface area contributed by atoms with Gasteiger partial charge in [0.05, 0.1) is 35.3 Å². The average Bonchev–Trinajstić information content (AvgIpc) is 2.93. The molecule has 0 bridgehead atoms. The zero-order valence-corrected chi connectivity index (χ0v) is 15.3. The number of esters is 1. The highest BCUT2D eigenvalue weighted by molar-refractivity contribution is 6.16. The second kappa shape index (κ2) is 7.83. The Kier molecular flexibility index (Phi) is 5.30. The Morgan fingerprint density at radius 1 is 1.29 bits per heavy atom. The van der Waals surface area contributed by atoms with Crippen LogP contribution in [0.1, 0.15) is 18.1 Å². The molecule has 1 aliphatic rings. The highest BCUT2D eigenvalue weighted by Crippen LogP contribution is 2.34. The number of ether oxygens (including phenoxy) is 1. The molecule has 8 heteroatoms. The summed E-state index contributed by atoms with van der Waals surface area (Å²) in [5.41, 5.74) is 1.43. The number of benzene rings is 1. The number of amides is 1. The van der Waals surface area contributed by atoms with E-state index in [0.29, 0.717) is 5.70 Å². The maximum absolute atomic E-state index is 13.1. The monoisotopic (exact) mass is 379 g/mol. The van der Waals surface area contributed by atoms with E-state index in [1.165, 1.54) is 36.3 Å². The van der Waals surface area contributed by atoms with Crippen molar-refractivity contribution in [1.82, 2.24) is 9.88 Å². The first-order chi connectivity index (χ1) is 13.4. The zero-order chi connectivity index (χ0) is 20.3. The van der Waals surface area contributed by atoms with Crippen molar-refractivity contribution >= 4 is 23.6 Å². The van der Waals surface area contributed by atoms with Crippen LogP contribution in [0.4, 0.5) is 5.69 Å². The Bertz CT molecular complexity index is 1010. The van der Waals surface area contributed by atoms with Crippen molar-refractivity contribution in [2.75, 3.05) is 7.11 Å². The lowest BCUT2D eigenvalue weighted by Gasteiger charge is -2.17. The number of rotatable bonds is 5. The Hall–Kier alpha value is -3.81. The number of nitro benzene ring substituents is 1. The van der Waals surface area contributed by atoms with E-state index in [0.717, 1.165) is 5.56 Å². The van der Waals surface area contributed by atoms with E-state index in [2.05, 4.69) is 4.98 Å². The van der Waals surface area contributed by atoms with Crippen LogP contribution in [0.25, 0.3) is 6.08 Å². The molecule has 0 saturated heterocycles. The molecule has 2 heterocycles. The predicted molar refractivity (Wildman–Crippen MR) is 101 cm³/mol. The molecule has 8 nitrogen and oxygen atoms in total. The lowest BCUT2D eigenvalue weighted by molar-refractivity contribution is -0.385. The predicted octanol–water partition coefficient (Wildman–Crippen LogP) is 2.86. The molecule has 0 unspecified atom stereocenters. The molecule has 3 rings (SSSR count). The maximum Gasteiger partial charge on any atom is 0.340 e. The number of methoxy groups -OCH3 is 1. The molecule has 1 aromatic carbocycles. The highest BCUT2D eigenvalue weighted by Gasteiger charge is 2.37. The number of hydrogen-bond acceptors (Lipinski definition) is 6. The minimum atomic E-state index is -0.677. The van der Waals surface area contributed by atoms with Crippen LogP contribution < -0.4 is 0 Å². The van der Waals surface area contributed by atoms with E-state index in [9.17, 15) is 19.7 Å². The van der Waals surface area contributed by atoms with Gasteiger partial charge in [-0.25, -0.2) is 4.79 Å². The van der Waals surface area contributed by atoms with E-state index in [4.69, 9.17) is 4.74 Å². The Labute approximate surface area is 160 Å². The van der Waals surface area contributed by atoms with Crippen molar-refractivity contribution in [3.8, 4) is 0 Å². The first-order valence-electron chi connectivity index (χ1n) is 8.39. The summed E-state index contributed by atoms with van der Waals surface area (Å²) in [5.74, 6) is -1.11. The fraction of sp³-hybridized carbons (Fsp3) is 0.150. The van der Waals surface area contributed by atoms with Gasteiger partial charge in [0, 0.05) is 24.2 Å². The van der Waals surface area contributed by atoms with Crippen LogP contribution in [-0.2, 0) is 20.9 Å². The third-order valence-corrected chi connectivity index (χ3v) is 4.40. The number of carbonyl (C=O) groups excluding carboxylic acids is 2. The molecule has 0 N–H and O–H groups in total. The molecule has 0 aliphatic carbocycles. The minimum Gasteiger partial charge on any atom is -0.465 e. The highest BCUT2D eigenvalue weighted by atomic mass is 16.6. The van der Waals surface area contributed by atoms with Gasteiger partial charge in [0.15, 0.2) is 0 Å². The van der Waals surface area contributed by atoms with Crippen LogP contribution in [0.5, 0.6) is 0 Å². The molecule has 0 atom stereocenters. The molecule has 142 valence electrons. The average molecular weight is 379 g/mol. The molecular formula is C20H17N3O5. The number of nitrogens with zero attached hydrogens (tertiary/aromatic N) is 3. The van der Waals surface area contributed by atoms with Crippen LogP contribution in [0.2, 0.25) is 0 Å². The number of hydrogen-bond donors (Lipinski definition) is 0. The Morgan fingerprint density at radius 2 is 2.04 bits per heavy atom. The summed E-state index contributed by atoms with van der Waals surface area (Å²) in [6.45, 7) is 1.86. The van der Waals surface area contributed by atoms with Gasteiger partial charge >= 0.3 is 5.97 Å². The van der Waals surface area contributed by atoms with Crippen molar-refractivity contribution in [3.05, 3.63) is 86.9 Å². The van der Waals surface area contributed by atoms with Gasteiger partial charge in [-0.15, -0.1) is 0 Å². The van der Waals surface area contributed by atoms with Crippen LogP contribution in [0.3, 0.4) is 0 Å². The van der Waals surface area contributed by atoms with Crippen LogP contribution >= 0.6 is 0 Å². The second-order valence-electron chi connectivity index (χ2n) is 6.08. The molecule has 28 heavy (non-hydrogen) atoms. The van der Waals surface area contributed by atoms with Crippen molar-refractivity contribution in [2.45, 2.75) is 13.5 Å². The van der Waals surface area contributed by atoms with Gasteiger partial charge in [-0.1, -0.05) is 18.2 Å². The van der Waals surface area contributed by atoms with Crippen molar-refractivity contribution in [1.29, 1.82) is 0 Å². The number of nitro groups is 1. The summed E-state index contributed by atoms with van der Waals surface area (Å²) in [4.78, 5) is 41.6. The van der Waals surface area contributed by atoms with Crippen molar-refractivity contribution in [2.24, 2.45) is 0 Å². The summed E-state index contributed by atoms with van der Waals surface area (Å²) in [6, 6.07) is 9.59. The lowest BCUT2D eigenvalue weighted by atomic mass is 10.0. The molecule has 0 fully saturated rings. The van der Waals surface area contributed by atoms with Gasteiger partial charge in [-0.3, -0.25) is 19.9 Å². The fourth-order valence-electron chi connectivity index (χ4n) is 3.02. The smallest absolute Gasteiger partial charge is 0.340 e. The van der Waals surface area contributed by atoms with E-state index >= 15 is 0 Å². The first kappa shape index (κ1) is 19.0. The molecule has 0 spiro atoms. The van der Waals surface area contributed by atoms with Crippen molar-refractivity contribution in [3.63, 3.8) is 0 Å². The second-order valence-corrected chi connectivity index (χ2v) is 6.08. The van der Waals surface area contributed by atoms with Crippen LogP contribution in [0, 0.1) is 10.1 Å². The number of para-hydroxylation sites is 1. The minimum absolute atomic E-state index is 0.0579. The van der Waals surface area contributed by atoms with Gasteiger partial charge in [0.25, 0.3) is 11.6 Å². The molecular weight excluding hydrogens is 362 g/mol. The lowest BCUT2D eigenvalue weighted by Crippen LogP contribution is -2.24. The van der Waals surface area contributed by atoms with Gasteiger partial charge in [-0.05, 0) is 30.7 Å². The van der Waals surface area contributed by atoms with Gasteiger partial charge < -0.3 is 9.64 Å². The first-order valence-corrected chi connectivity index (χ1v) is 8.39. The number of allylic oxidation sites excluding steroid dienone is 1. The summed E-state index contributed by atoms with van der Waals surface area (Å²) in [5, 5.41) is 11.3. The quantitative estimate of drug-likeness (QED) is 0.343. The summed E-state index contributed by atoms with van der Waals surface area (Å²) >= 11 is 0. The summed E-state index contributed by atoms with van der Waals surface area (Å²) in [7, 11) is 1.22. The van der Waals surface area contributed by atoms with E-state index in [1.54, 1.807) is 31.5 Å². The van der Waals surface area contributed by atoms with E-state index in [1.807, 2.05) is 6.07 Å². The van der Waals surface area contributed by atoms with E-state index < -0.39 is 16.8 Å². The largest absolute Gasteiger partial charge is 0.465 e. The number of aromatic nitrogens is 1. The third kappa shape index (κ3) is 3.52. The fourth-order valence-corrected chi connectivity index (χ4v) is 3.02. The normalized spacial score (nSPS) is 15.3. The van der Waals surface area contributed by atoms with Gasteiger partial charge in [0.1, 0.15) is 0 Å². The summed E-state index contributed by atoms with van der Waals surface area (Å²) in [6.07, 6.45) is 4.61. The molecule has 0 saturated carbocycles. The van der Waals surface area contributed by atoms with Crippen LogP contribution in [-0.4, -0.2) is 33.8 Å². The van der Waals surface area contributed by atoms with Gasteiger partial charge in [-0.2, -0.15) is 0 Å². The Morgan fingerprint density at radius 3 is 2.68 bits per heavy atom. The molecule has 1 amide bonds. The summed E-state index contributed by atoms with van der Waals surface area (Å²) < 4.78 is 4.83. The Balaban J connectivity index is 2.09. The van der Waals surface area contributed by atoms with Gasteiger partial charge in [0.2, 0.25) is 0 Å². The molecule has 1 aliphatic heterocycles. The molecule has 0 radical (unpaired) electrons. The number of carbonyl (C=O) groups is 2. The zero-order valence-electron chi connectivity index (χ0n) is 15.3. The third-order valence-electron chi connectivity index (χ3n) is 4.40. The SMILES string of the molecule is COC(=O)C1=C(C)N(Cc2cccnc2)C(=O)C1=Cc1ccccc1[N+](=O)[O-]. The number of pyridine rings is 1. The standard InChI is InChI=1S/C20H17N3O5/c1-13-18(20(25)28-2)16(10-15-7-3-4-8-17(15)23(26)27)19(24)22(13)12-14-6-5-9-21-11-14/h3-11H,12H2,1-2H3. The van der Waals surface area contributed by atoms with Crippen LogP contribution in [0.15, 0.2) is 65.6 Å².